The van der Waals surface area contributed by atoms with Crippen molar-refractivity contribution in [1.82, 2.24) is 4.57 Å². The molecule has 0 radical (unpaired) electrons. The van der Waals surface area contributed by atoms with Gasteiger partial charge in [0.15, 0.2) is 11.5 Å². The SMILES string of the molecule is COc1cc(NC(=O)Cn2cc(C(F)(F)F)ccc2=O)cc(OC)c1OC. The average Bonchev–Trinajstić information content (AvgIpc) is 2.61. The Morgan fingerprint density at radius 2 is 1.67 bits per heavy atom. The smallest absolute Gasteiger partial charge is 0.417 e. The van der Waals surface area contributed by atoms with Crippen LogP contribution in [0.4, 0.5) is 18.9 Å². The summed E-state index contributed by atoms with van der Waals surface area (Å²) in [6.07, 6.45) is -4.03. The zero-order valence-corrected chi connectivity index (χ0v) is 14.7. The van der Waals surface area contributed by atoms with Gasteiger partial charge in [-0.05, 0) is 6.07 Å². The number of amides is 1. The Morgan fingerprint density at radius 1 is 1.07 bits per heavy atom. The van der Waals surface area contributed by atoms with Crippen molar-refractivity contribution in [2.75, 3.05) is 26.6 Å². The van der Waals surface area contributed by atoms with Crippen LogP contribution in [-0.2, 0) is 17.5 Å². The number of carbonyl (C=O) groups is 1. The van der Waals surface area contributed by atoms with E-state index in [1.807, 2.05) is 0 Å². The number of benzene rings is 1. The average molecular weight is 386 g/mol. The second kappa shape index (κ2) is 8.02. The van der Waals surface area contributed by atoms with Crippen molar-refractivity contribution in [3.8, 4) is 17.2 Å². The molecular formula is C17H17F3N2O5. The van der Waals surface area contributed by atoms with E-state index in [2.05, 4.69) is 5.32 Å². The van der Waals surface area contributed by atoms with E-state index < -0.39 is 29.8 Å². The molecule has 0 aliphatic rings. The van der Waals surface area contributed by atoms with E-state index in [0.29, 0.717) is 22.6 Å². The predicted octanol–water partition coefficient (Wildman–Crippen LogP) is 2.53. The molecule has 2 aromatic rings. The number of aromatic nitrogens is 1. The zero-order valence-electron chi connectivity index (χ0n) is 14.7. The second-order valence-corrected chi connectivity index (χ2v) is 5.34. The van der Waals surface area contributed by atoms with Crippen molar-refractivity contribution >= 4 is 11.6 Å². The van der Waals surface area contributed by atoms with Crippen LogP contribution in [-0.4, -0.2) is 31.8 Å². The number of nitrogens with one attached hydrogen (secondary N) is 1. The third-order valence-electron chi connectivity index (χ3n) is 3.57. The van der Waals surface area contributed by atoms with Gasteiger partial charge in [-0.15, -0.1) is 0 Å². The first kappa shape index (κ1) is 20.1. The highest BCUT2D eigenvalue weighted by Gasteiger charge is 2.31. The molecule has 0 unspecified atom stereocenters. The lowest BCUT2D eigenvalue weighted by molar-refractivity contribution is -0.138. The first-order valence-electron chi connectivity index (χ1n) is 7.57. The standard InChI is InChI=1S/C17H17F3N2O5/c1-25-12-6-11(7-13(26-2)16(12)27-3)21-14(23)9-22-8-10(17(18,19)20)4-5-15(22)24/h4-8H,9H2,1-3H3,(H,21,23). The quantitative estimate of drug-likeness (QED) is 0.826. The number of halogens is 3. The summed E-state index contributed by atoms with van der Waals surface area (Å²) < 4.78 is 54.4. The van der Waals surface area contributed by atoms with Gasteiger partial charge in [-0.2, -0.15) is 13.2 Å². The van der Waals surface area contributed by atoms with E-state index in [1.54, 1.807) is 0 Å². The predicted molar refractivity (Wildman–Crippen MR) is 90.4 cm³/mol. The van der Waals surface area contributed by atoms with Crippen LogP contribution in [0.5, 0.6) is 17.2 Å². The number of hydrogen-bond acceptors (Lipinski definition) is 5. The Morgan fingerprint density at radius 3 is 2.15 bits per heavy atom. The molecule has 0 saturated carbocycles. The van der Waals surface area contributed by atoms with E-state index in [1.165, 1.54) is 33.5 Å². The third-order valence-corrected chi connectivity index (χ3v) is 3.57. The van der Waals surface area contributed by atoms with E-state index in [4.69, 9.17) is 14.2 Å². The summed E-state index contributed by atoms with van der Waals surface area (Å²) in [4.78, 5) is 23.9. The number of nitrogens with zero attached hydrogens (tertiary/aromatic N) is 1. The number of ether oxygens (including phenoxy) is 3. The van der Waals surface area contributed by atoms with Crippen molar-refractivity contribution in [2.24, 2.45) is 0 Å². The number of hydrogen-bond donors (Lipinski definition) is 1. The molecule has 1 aromatic carbocycles. The minimum absolute atomic E-state index is 0.259. The Balaban J connectivity index is 2.25. The van der Waals surface area contributed by atoms with Crippen molar-refractivity contribution < 1.29 is 32.2 Å². The molecular weight excluding hydrogens is 369 g/mol. The molecule has 2 rings (SSSR count). The first-order valence-corrected chi connectivity index (χ1v) is 7.57. The molecule has 0 atom stereocenters. The number of pyridine rings is 1. The fraction of sp³-hybridized carbons (Fsp3) is 0.294. The molecule has 0 aliphatic carbocycles. The van der Waals surface area contributed by atoms with Gasteiger partial charge >= 0.3 is 6.18 Å². The van der Waals surface area contributed by atoms with E-state index in [0.717, 1.165) is 6.07 Å². The highest BCUT2D eigenvalue weighted by atomic mass is 19.4. The lowest BCUT2D eigenvalue weighted by atomic mass is 10.2. The topological polar surface area (TPSA) is 78.8 Å². The van der Waals surface area contributed by atoms with Gasteiger partial charge in [0.1, 0.15) is 6.54 Å². The van der Waals surface area contributed by atoms with Gasteiger partial charge in [0, 0.05) is 30.1 Å². The van der Waals surface area contributed by atoms with Crippen LogP contribution < -0.4 is 25.1 Å². The molecule has 1 aromatic heterocycles. The lowest BCUT2D eigenvalue weighted by Gasteiger charge is -2.15. The van der Waals surface area contributed by atoms with Crippen molar-refractivity contribution in [3.63, 3.8) is 0 Å². The van der Waals surface area contributed by atoms with Crippen molar-refractivity contribution in [1.29, 1.82) is 0 Å². The Labute approximate surface area is 152 Å². The molecule has 0 fully saturated rings. The summed E-state index contributed by atoms with van der Waals surface area (Å²) in [5.41, 5.74) is -1.50. The Kier molecular flexibility index (Phi) is 5.98. The molecule has 146 valence electrons. The maximum Gasteiger partial charge on any atom is 0.417 e. The van der Waals surface area contributed by atoms with Crippen molar-refractivity contribution in [2.45, 2.75) is 12.7 Å². The maximum atomic E-state index is 12.8. The summed E-state index contributed by atoms with van der Waals surface area (Å²) in [5, 5.41) is 2.48. The molecule has 1 amide bonds. The van der Waals surface area contributed by atoms with Gasteiger partial charge in [0.2, 0.25) is 11.7 Å². The second-order valence-electron chi connectivity index (χ2n) is 5.34. The molecule has 27 heavy (non-hydrogen) atoms. The third kappa shape index (κ3) is 4.72. The van der Waals surface area contributed by atoms with Crippen LogP contribution in [0.1, 0.15) is 5.56 Å². The fourth-order valence-corrected chi connectivity index (χ4v) is 2.33. The highest BCUT2D eigenvalue weighted by Crippen LogP contribution is 2.39. The van der Waals surface area contributed by atoms with Crippen LogP contribution in [0, 0.1) is 0 Å². The van der Waals surface area contributed by atoms with Gasteiger partial charge in [0.25, 0.3) is 5.56 Å². The van der Waals surface area contributed by atoms with Crippen molar-refractivity contribution in [3.05, 3.63) is 46.4 Å². The van der Waals surface area contributed by atoms with Gasteiger partial charge in [0.05, 0.1) is 26.9 Å². The number of alkyl halides is 3. The lowest BCUT2D eigenvalue weighted by Crippen LogP contribution is -2.28. The van der Waals surface area contributed by atoms with E-state index in [-0.39, 0.29) is 17.2 Å². The summed E-state index contributed by atoms with van der Waals surface area (Å²) >= 11 is 0. The number of anilines is 1. The molecule has 0 bridgehead atoms. The zero-order chi connectivity index (χ0) is 20.2. The van der Waals surface area contributed by atoms with Gasteiger partial charge < -0.3 is 24.1 Å². The summed E-state index contributed by atoms with van der Waals surface area (Å²) in [6.45, 7) is -0.598. The molecule has 1 N–H and O–H groups in total. The minimum atomic E-state index is -4.62. The Bertz CT molecular complexity index is 868. The number of rotatable bonds is 6. The van der Waals surface area contributed by atoms with Gasteiger partial charge in [-0.25, -0.2) is 0 Å². The summed E-state index contributed by atoms with van der Waals surface area (Å²) in [7, 11) is 4.20. The summed E-state index contributed by atoms with van der Waals surface area (Å²) in [5.74, 6) is 0.171. The normalized spacial score (nSPS) is 11.0. The minimum Gasteiger partial charge on any atom is -0.493 e. The van der Waals surface area contributed by atoms with Crippen LogP contribution in [0.15, 0.2) is 35.3 Å². The fourth-order valence-electron chi connectivity index (χ4n) is 2.33. The summed E-state index contributed by atoms with van der Waals surface area (Å²) in [6, 6.07) is 4.33. The monoisotopic (exact) mass is 386 g/mol. The first-order chi connectivity index (χ1) is 12.7. The Hall–Kier alpha value is -3.17. The van der Waals surface area contributed by atoms with E-state index in [9.17, 15) is 22.8 Å². The largest absolute Gasteiger partial charge is 0.493 e. The molecule has 10 heteroatoms. The number of carbonyl (C=O) groups excluding carboxylic acids is 1. The van der Waals surface area contributed by atoms with Gasteiger partial charge in [-0.3, -0.25) is 9.59 Å². The highest BCUT2D eigenvalue weighted by molar-refractivity contribution is 5.91. The molecule has 0 aliphatic heterocycles. The van der Waals surface area contributed by atoms with Gasteiger partial charge in [-0.1, -0.05) is 0 Å². The number of methoxy groups -OCH3 is 3. The van der Waals surface area contributed by atoms with Crippen LogP contribution in [0.3, 0.4) is 0 Å². The molecule has 0 saturated heterocycles. The van der Waals surface area contributed by atoms with Crippen LogP contribution in [0.2, 0.25) is 0 Å². The van der Waals surface area contributed by atoms with E-state index >= 15 is 0 Å². The molecule has 1 heterocycles. The van der Waals surface area contributed by atoms with Crippen LogP contribution in [0.25, 0.3) is 0 Å². The molecule has 7 nitrogen and oxygen atoms in total. The molecule has 0 spiro atoms. The van der Waals surface area contributed by atoms with Crippen LogP contribution >= 0.6 is 0 Å². The maximum absolute atomic E-state index is 12.8.